The van der Waals surface area contributed by atoms with E-state index in [1.807, 2.05) is 19.1 Å². The molecule has 2 nitrogen and oxygen atoms in total. The van der Waals surface area contributed by atoms with E-state index in [0.29, 0.717) is 0 Å². The molecule has 0 aromatic heterocycles. The van der Waals surface area contributed by atoms with Crippen molar-refractivity contribution in [2.45, 2.75) is 6.92 Å². The van der Waals surface area contributed by atoms with Crippen molar-refractivity contribution in [3.05, 3.63) is 134 Å². The first kappa shape index (κ1) is 21.0. The molecule has 0 unspecified atom stereocenters. The number of hydrogen-bond donors (Lipinski definition) is 1. The Kier molecular flexibility index (Phi) is 5.20. The third-order valence-electron chi connectivity index (χ3n) is 6.72. The Labute approximate surface area is 205 Å². The predicted molar refractivity (Wildman–Crippen MR) is 152 cm³/mol. The summed E-state index contributed by atoms with van der Waals surface area (Å²) < 4.78 is 0. The van der Waals surface area contributed by atoms with Crippen LogP contribution in [0.15, 0.2) is 134 Å². The fourth-order valence-corrected chi connectivity index (χ4v) is 5.07. The highest BCUT2D eigenvalue weighted by atomic mass is 15.1. The minimum Gasteiger partial charge on any atom is -0.355 e. The summed E-state index contributed by atoms with van der Waals surface area (Å²) in [5, 5.41) is 11.1. The van der Waals surface area contributed by atoms with E-state index in [0.717, 1.165) is 22.8 Å². The van der Waals surface area contributed by atoms with Crippen LogP contribution in [0, 0.1) is 0 Å². The fourth-order valence-electron chi connectivity index (χ4n) is 5.07. The number of allylic oxidation sites excluding steroid dienone is 2. The Morgan fingerprint density at radius 2 is 1.20 bits per heavy atom. The molecule has 0 amide bonds. The van der Waals surface area contributed by atoms with E-state index in [1.165, 1.54) is 38.0 Å². The molecule has 168 valence electrons. The monoisotopic (exact) mass is 450 g/mol. The van der Waals surface area contributed by atoms with Crippen LogP contribution in [0.5, 0.6) is 0 Å². The molecule has 0 aliphatic rings. The number of para-hydroxylation sites is 2. The van der Waals surface area contributed by atoms with E-state index in [4.69, 9.17) is 0 Å². The maximum Gasteiger partial charge on any atom is 0.0540 e. The Balaban J connectivity index is 1.65. The Morgan fingerprint density at radius 3 is 1.80 bits per heavy atom. The average molecular weight is 451 g/mol. The Bertz CT molecular complexity index is 1640. The van der Waals surface area contributed by atoms with Gasteiger partial charge in [-0.3, -0.25) is 0 Å². The second-order valence-corrected chi connectivity index (χ2v) is 8.70. The van der Waals surface area contributed by atoms with Gasteiger partial charge in [0.2, 0.25) is 0 Å². The van der Waals surface area contributed by atoms with Crippen LogP contribution in [-0.4, -0.2) is 0 Å². The zero-order chi connectivity index (χ0) is 23.8. The fraction of sp³-hybridized carbons (Fsp3) is 0.0303. The molecule has 0 spiro atoms. The molecule has 0 aliphatic heterocycles. The van der Waals surface area contributed by atoms with Crippen molar-refractivity contribution in [1.82, 2.24) is 0 Å². The van der Waals surface area contributed by atoms with Crippen molar-refractivity contribution in [1.29, 1.82) is 0 Å². The lowest BCUT2D eigenvalue weighted by Crippen LogP contribution is -2.10. The van der Waals surface area contributed by atoms with Gasteiger partial charge in [0.1, 0.15) is 0 Å². The number of nitrogens with one attached hydrogen (secondary N) is 1. The number of hydrogen-bond acceptors (Lipinski definition) is 2. The minimum atomic E-state index is 1.00. The lowest BCUT2D eigenvalue weighted by molar-refractivity contribution is 1.30. The number of nitrogens with zero attached hydrogens (tertiary/aromatic N) is 1. The largest absolute Gasteiger partial charge is 0.355 e. The number of rotatable bonds is 6. The second-order valence-electron chi connectivity index (χ2n) is 8.70. The molecule has 0 fully saturated rings. The van der Waals surface area contributed by atoms with Crippen LogP contribution in [0.2, 0.25) is 0 Å². The van der Waals surface area contributed by atoms with Crippen LogP contribution in [0.3, 0.4) is 0 Å². The molecule has 0 saturated carbocycles. The van der Waals surface area contributed by atoms with Gasteiger partial charge in [0.05, 0.1) is 5.69 Å². The molecular weight excluding hydrogens is 424 g/mol. The molecule has 0 heterocycles. The van der Waals surface area contributed by atoms with Gasteiger partial charge in [0.25, 0.3) is 0 Å². The van der Waals surface area contributed by atoms with Gasteiger partial charge in [-0.05, 0) is 70.9 Å². The van der Waals surface area contributed by atoms with Gasteiger partial charge in [-0.1, -0.05) is 85.5 Å². The highest BCUT2D eigenvalue weighted by molar-refractivity contribution is 6.27. The first-order chi connectivity index (χ1) is 17.3. The van der Waals surface area contributed by atoms with Crippen molar-refractivity contribution in [2.24, 2.45) is 0 Å². The lowest BCUT2D eigenvalue weighted by atomic mass is 9.92. The van der Waals surface area contributed by atoms with Crippen LogP contribution < -0.4 is 10.2 Å². The van der Waals surface area contributed by atoms with Crippen molar-refractivity contribution >= 4 is 55.1 Å². The maximum atomic E-state index is 3.94. The zero-order valence-corrected chi connectivity index (χ0v) is 19.7. The van der Waals surface area contributed by atoms with Crippen LogP contribution in [0.4, 0.5) is 22.7 Å². The summed E-state index contributed by atoms with van der Waals surface area (Å²) >= 11 is 0. The van der Waals surface area contributed by atoms with Gasteiger partial charge in [-0.15, -0.1) is 0 Å². The zero-order valence-electron chi connectivity index (χ0n) is 19.7. The van der Waals surface area contributed by atoms with E-state index in [1.54, 1.807) is 0 Å². The maximum absolute atomic E-state index is 3.94. The predicted octanol–water partition coefficient (Wildman–Crippen LogP) is 9.56. The van der Waals surface area contributed by atoms with Gasteiger partial charge in [0.15, 0.2) is 0 Å². The standard InChI is InChI=1S/C33H26N2/c1-3-25(4-2)34-30-21-17-23-16-20-29-31(22-18-24-15-19-28(30)32(23)33(24)29)35(26-11-7-5-8-12-26)27-13-9-6-10-14-27/h3-22,34H,1H2,2H3/b25-4+. The summed E-state index contributed by atoms with van der Waals surface area (Å²) in [6.07, 6.45) is 3.90. The Morgan fingerprint density at radius 1 is 0.657 bits per heavy atom. The molecule has 35 heavy (non-hydrogen) atoms. The van der Waals surface area contributed by atoms with E-state index >= 15 is 0 Å². The minimum absolute atomic E-state index is 1.00. The highest BCUT2D eigenvalue weighted by Crippen LogP contribution is 2.44. The van der Waals surface area contributed by atoms with Crippen LogP contribution in [0.1, 0.15) is 6.92 Å². The molecule has 6 aromatic carbocycles. The molecular formula is C33H26N2. The molecule has 6 rings (SSSR count). The summed E-state index contributed by atoms with van der Waals surface area (Å²) in [4.78, 5) is 2.35. The second kappa shape index (κ2) is 8.66. The molecule has 0 saturated heterocycles. The molecule has 0 radical (unpaired) electrons. The molecule has 1 N–H and O–H groups in total. The number of anilines is 4. The highest BCUT2D eigenvalue weighted by Gasteiger charge is 2.18. The summed E-state index contributed by atoms with van der Waals surface area (Å²) in [6, 6.07) is 39.0. The quantitative estimate of drug-likeness (QED) is 0.201. The van der Waals surface area contributed by atoms with Crippen molar-refractivity contribution < 1.29 is 0 Å². The molecule has 6 aromatic rings. The first-order valence-electron chi connectivity index (χ1n) is 11.9. The summed E-state index contributed by atoms with van der Waals surface area (Å²) in [5.74, 6) is 0. The van der Waals surface area contributed by atoms with Crippen LogP contribution in [-0.2, 0) is 0 Å². The summed E-state index contributed by atoms with van der Waals surface area (Å²) in [7, 11) is 0. The van der Waals surface area contributed by atoms with Gasteiger partial charge in [-0.25, -0.2) is 0 Å². The normalized spacial score (nSPS) is 11.9. The SMILES string of the molecule is C=C/C(=C\C)Nc1ccc2ccc3c(N(c4ccccc4)c4ccccc4)ccc4ccc1c2c43. The molecule has 0 atom stereocenters. The number of benzene rings is 6. The third kappa shape index (κ3) is 3.51. The Hall–Kier alpha value is -4.56. The van der Waals surface area contributed by atoms with Gasteiger partial charge < -0.3 is 10.2 Å². The molecule has 2 heteroatoms. The van der Waals surface area contributed by atoms with E-state index in [9.17, 15) is 0 Å². The molecule has 0 bridgehead atoms. The van der Waals surface area contributed by atoms with Crippen molar-refractivity contribution in [3.63, 3.8) is 0 Å². The molecule has 0 aliphatic carbocycles. The van der Waals surface area contributed by atoms with Gasteiger partial charge in [-0.2, -0.15) is 0 Å². The summed E-state index contributed by atoms with van der Waals surface area (Å²) in [5.41, 5.74) is 5.54. The van der Waals surface area contributed by atoms with Gasteiger partial charge >= 0.3 is 0 Å². The topological polar surface area (TPSA) is 15.3 Å². The van der Waals surface area contributed by atoms with E-state index in [2.05, 4.69) is 126 Å². The third-order valence-corrected chi connectivity index (χ3v) is 6.72. The lowest BCUT2D eigenvalue weighted by Gasteiger charge is -2.27. The summed E-state index contributed by atoms with van der Waals surface area (Å²) in [6.45, 7) is 5.96. The average Bonchev–Trinajstić information content (AvgIpc) is 2.93. The van der Waals surface area contributed by atoms with Crippen LogP contribution in [0.25, 0.3) is 32.3 Å². The van der Waals surface area contributed by atoms with E-state index in [-0.39, 0.29) is 0 Å². The smallest absolute Gasteiger partial charge is 0.0540 e. The van der Waals surface area contributed by atoms with E-state index < -0.39 is 0 Å². The van der Waals surface area contributed by atoms with Gasteiger partial charge in [0, 0.05) is 33.5 Å². The van der Waals surface area contributed by atoms with Crippen LogP contribution >= 0.6 is 0 Å². The van der Waals surface area contributed by atoms with Crippen molar-refractivity contribution in [3.8, 4) is 0 Å². The van der Waals surface area contributed by atoms with Crippen molar-refractivity contribution in [2.75, 3.05) is 10.2 Å². The first-order valence-corrected chi connectivity index (χ1v) is 11.9.